The number of hydrogen-bond acceptors (Lipinski definition) is 3. The molecule has 0 aliphatic carbocycles. The van der Waals surface area contributed by atoms with Crippen molar-refractivity contribution in [1.29, 1.82) is 0 Å². The Labute approximate surface area is 122 Å². The number of rotatable bonds is 4. The molecule has 0 bridgehead atoms. The van der Waals surface area contributed by atoms with Crippen molar-refractivity contribution in [2.24, 2.45) is 0 Å². The Morgan fingerprint density at radius 1 is 1.24 bits per heavy atom. The fourth-order valence-corrected chi connectivity index (χ4v) is 2.37. The minimum atomic E-state index is -0.201. The lowest BCUT2D eigenvalue weighted by molar-refractivity contribution is 0.538. The Morgan fingerprint density at radius 2 is 2.05 bits per heavy atom. The minimum Gasteiger partial charge on any atom is -0.441 e. The van der Waals surface area contributed by atoms with Gasteiger partial charge in [-0.05, 0) is 31.2 Å². The molecule has 0 saturated heterocycles. The predicted molar refractivity (Wildman–Crippen MR) is 81.8 cm³/mol. The van der Waals surface area contributed by atoms with Crippen molar-refractivity contribution < 1.29 is 8.81 Å². The second-order valence-corrected chi connectivity index (χ2v) is 5.03. The molecular weight excluding hydrogens is 267 g/mol. The topological polar surface area (TPSA) is 38.1 Å². The molecule has 0 fully saturated rings. The molecule has 1 atom stereocenters. The highest BCUT2D eigenvalue weighted by Crippen LogP contribution is 2.25. The van der Waals surface area contributed by atoms with Crippen molar-refractivity contribution in [2.75, 3.05) is 5.32 Å². The zero-order valence-corrected chi connectivity index (χ0v) is 12.1. The molecule has 1 heterocycles. The number of aromatic nitrogens is 1. The van der Waals surface area contributed by atoms with Gasteiger partial charge < -0.3 is 9.73 Å². The van der Waals surface area contributed by atoms with Crippen LogP contribution in [0.25, 0.3) is 11.1 Å². The average molecular weight is 284 g/mol. The molecule has 1 unspecified atom stereocenters. The van der Waals surface area contributed by atoms with E-state index in [0.717, 1.165) is 29.1 Å². The van der Waals surface area contributed by atoms with Crippen LogP contribution in [0.2, 0.25) is 0 Å². The van der Waals surface area contributed by atoms with Gasteiger partial charge in [0, 0.05) is 17.7 Å². The fraction of sp³-hybridized carbons (Fsp3) is 0.235. The van der Waals surface area contributed by atoms with E-state index in [0.29, 0.717) is 5.56 Å². The van der Waals surface area contributed by atoms with Crippen LogP contribution in [0.5, 0.6) is 0 Å². The Morgan fingerprint density at radius 3 is 2.81 bits per heavy atom. The number of benzene rings is 2. The molecule has 3 nitrogen and oxygen atoms in total. The van der Waals surface area contributed by atoms with Gasteiger partial charge in [-0.1, -0.05) is 25.1 Å². The van der Waals surface area contributed by atoms with E-state index >= 15 is 0 Å². The van der Waals surface area contributed by atoms with Gasteiger partial charge >= 0.3 is 0 Å². The summed E-state index contributed by atoms with van der Waals surface area (Å²) in [4.78, 5) is 4.41. The van der Waals surface area contributed by atoms with Crippen LogP contribution in [0.1, 0.15) is 31.3 Å². The number of nitrogens with one attached hydrogen (secondary N) is 1. The van der Waals surface area contributed by atoms with Crippen molar-refractivity contribution >= 4 is 16.8 Å². The van der Waals surface area contributed by atoms with E-state index < -0.39 is 0 Å². The third-order valence-corrected chi connectivity index (χ3v) is 3.49. The lowest BCUT2D eigenvalue weighted by Crippen LogP contribution is -2.08. The smallest absolute Gasteiger partial charge is 0.195 e. The van der Waals surface area contributed by atoms with E-state index in [1.54, 1.807) is 12.1 Å². The van der Waals surface area contributed by atoms with Crippen molar-refractivity contribution in [3.05, 3.63) is 59.7 Å². The molecule has 108 valence electrons. The van der Waals surface area contributed by atoms with Crippen molar-refractivity contribution in [3.8, 4) is 0 Å². The molecule has 3 rings (SSSR count). The number of halogens is 1. The summed E-state index contributed by atoms with van der Waals surface area (Å²) in [5.41, 5.74) is 3.13. The van der Waals surface area contributed by atoms with Crippen LogP contribution in [-0.4, -0.2) is 4.98 Å². The quantitative estimate of drug-likeness (QED) is 0.754. The number of anilines is 1. The van der Waals surface area contributed by atoms with E-state index in [4.69, 9.17) is 4.42 Å². The minimum absolute atomic E-state index is 0.124. The summed E-state index contributed by atoms with van der Waals surface area (Å²) in [6, 6.07) is 12.4. The predicted octanol–water partition coefficient (Wildman–Crippen LogP) is 4.70. The van der Waals surface area contributed by atoms with E-state index in [-0.39, 0.29) is 11.9 Å². The monoisotopic (exact) mass is 284 g/mol. The van der Waals surface area contributed by atoms with Crippen molar-refractivity contribution in [3.63, 3.8) is 0 Å². The first-order valence-electron chi connectivity index (χ1n) is 7.08. The summed E-state index contributed by atoms with van der Waals surface area (Å²) in [5, 5.41) is 3.30. The number of nitrogens with zero attached hydrogens (tertiary/aromatic N) is 1. The van der Waals surface area contributed by atoms with Crippen LogP contribution in [0.4, 0.5) is 10.1 Å². The molecule has 0 radical (unpaired) electrons. The first-order chi connectivity index (χ1) is 10.2. The number of aryl methyl sites for hydroxylation is 1. The Kier molecular flexibility index (Phi) is 3.60. The van der Waals surface area contributed by atoms with E-state index in [2.05, 4.69) is 10.3 Å². The molecule has 0 saturated carbocycles. The molecule has 2 aromatic carbocycles. The highest BCUT2D eigenvalue weighted by Gasteiger charge is 2.11. The van der Waals surface area contributed by atoms with Gasteiger partial charge in [-0.3, -0.25) is 0 Å². The first kappa shape index (κ1) is 13.6. The van der Waals surface area contributed by atoms with Gasteiger partial charge in [-0.25, -0.2) is 9.37 Å². The van der Waals surface area contributed by atoms with E-state index in [1.165, 1.54) is 6.07 Å². The summed E-state index contributed by atoms with van der Waals surface area (Å²) < 4.78 is 19.4. The maximum absolute atomic E-state index is 13.8. The zero-order valence-electron chi connectivity index (χ0n) is 12.1. The third kappa shape index (κ3) is 2.75. The van der Waals surface area contributed by atoms with Gasteiger partial charge in [0.15, 0.2) is 11.5 Å². The number of hydrogen-bond donors (Lipinski definition) is 1. The summed E-state index contributed by atoms with van der Waals surface area (Å²) >= 11 is 0. The summed E-state index contributed by atoms with van der Waals surface area (Å²) in [6.45, 7) is 3.94. The largest absolute Gasteiger partial charge is 0.441 e. The highest BCUT2D eigenvalue weighted by atomic mass is 19.1. The lowest BCUT2D eigenvalue weighted by atomic mass is 10.1. The molecule has 1 N–H and O–H groups in total. The van der Waals surface area contributed by atoms with Gasteiger partial charge in [0.25, 0.3) is 0 Å². The molecule has 0 amide bonds. The summed E-state index contributed by atoms with van der Waals surface area (Å²) in [7, 11) is 0. The molecule has 4 heteroatoms. The molecule has 0 aliphatic rings. The maximum atomic E-state index is 13.8. The SMILES string of the molecule is CCc1nc2cc(NC(C)c3ccccc3F)ccc2o1. The molecule has 21 heavy (non-hydrogen) atoms. The highest BCUT2D eigenvalue weighted by molar-refractivity contribution is 5.77. The van der Waals surface area contributed by atoms with Gasteiger partial charge in [0.2, 0.25) is 0 Å². The Balaban J connectivity index is 1.86. The molecule has 3 aromatic rings. The summed E-state index contributed by atoms with van der Waals surface area (Å²) in [6.07, 6.45) is 0.767. The standard InChI is InChI=1S/C17H17FN2O/c1-3-17-20-15-10-12(8-9-16(15)21-17)19-11(2)13-6-4-5-7-14(13)18/h4-11,19H,3H2,1-2H3. The molecule has 0 spiro atoms. The van der Waals surface area contributed by atoms with Crippen LogP contribution < -0.4 is 5.32 Å². The fourth-order valence-electron chi connectivity index (χ4n) is 2.37. The van der Waals surface area contributed by atoms with Crippen molar-refractivity contribution in [2.45, 2.75) is 26.3 Å². The lowest BCUT2D eigenvalue weighted by Gasteiger charge is -2.16. The molecular formula is C17H17FN2O. The van der Waals surface area contributed by atoms with Gasteiger partial charge in [0.05, 0.1) is 6.04 Å². The van der Waals surface area contributed by atoms with Gasteiger partial charge in [-0.2, -0.15) is 0 Å². The number of oxazole rings is 1. The van der Waals surface area contributed by atoms with Crippen LogP contribution >= 0.6 is 0 Å². The Hall–Kier alpha value is -2.36. The maximum Gasteiger partial charge on any atom is 0.195 e. The van der Waals surface area contributed by atoms with Crippen LogP contribution in [0.3, 0.4) is 0 Å². The second-order valence-electron chi connectivity index (χ2n) is 5.03. The van der Waals surface area contributed by atoms with Gasteiger partial charge in [-0.15, -0.1) is 0 Å². The average Bonchev–Trinajstić information content (AvgIpc) is 2.90. The van der Waals surface area contributed by atoms with E-state index in [1.807, 2.05) is 38.1 Å². The second kappa shape index (κ2) is 5.56. The van der Waals surface area contributed by atoms with E-state index in [9.17, 15) is 4.39 Å². The van der Waals surface area contributed by atoms with Crippen LogP contribution in [0.15, 0.2) is 46.9 Å². The van der Waals surface area contributed by atoms with Gasteiger partial charge in [0.1, 0.15) is 11.3 Å². The number of fused-ring (bicyclic) bond motifs is 1. The Bertz CT molecular complexity index is 766. The van der Waals surface area contributed by atoms with Crippen molar-refractivity contribution in [1.82, 2.24) is 4.98 Å². The molecule has 1 aromatic heterocycles. The third-order valence-electron chi connectivity index (χ3n) is 3.49. The normalized spacial score (nSPS) is 12.5. The first-order valence-corrected chi connectivity index (χ1v) is 7.08. The summed E-state index contributed by atoms with van der Waals surface area (Å²) in [5.74, 6) is 0.526. The molecule has 0 aliphatic heterocycles. The van der Waals surface area contributed by atoms with Crippen LogP contribution in [0, 0.1) is 5.82 Å². The van der Waals surface area contributed by atoms with Crippen LogP contribution in [-0.2, 0) is 6.42 Å². The zero-order chi connectivity index (χ0) is 14.8.